The van der Waals surface area contributed by atoms with Gasteiger partial charge in [0.2, 0.25) is 5.91 Å². The van der Waals surface area contributed by atoms with Gasteiger partial charge in [0.25, 0.3) is 5.56 Å². The van der Waals surface area contributed by atoms with Crippen molar-refractivity contribution in [2.75, 3.05) is 18.9 Å². The number of benzene rings is 1. The molecule has 0 aliphatic carbocycles. The lowest BCUT2D eigenvalue weighted by Gasteiger charge is -2.26. The van der Waals surface area contributed by atoms with E-state index in [0.717, 1.165) is 35.4 Å². The van der Waals surface area contributed by atoms with Crippen molar-refractivity contribution >= 4 is 22.6 Å². The number of pyridine rings is 1. The van der Waals surface area contributed by atoms with E-state index in [4.69, 9.17) is 4.98 Å². The number of imidazole rings is 1. The molecule has 1 amide bonds. The van der Waals surface area contributed by atoms with Crippen molar-refractivity contribution in [3.63, 3.8) is 0 Å². The minimum atomic E-state index is -0.972. The van der Waals surface area contributed by atoms with E-state index in [9.17, 15) is 14.7 Å². The molecule has 0 unspecified atom stereocenters. The van der Waals surface area contributed by atoms with Crippen LogP contribution in [0.1, 0.15) is 38.6 Å². The molecule has 4 rings (SSSR count). The lowest BCUT2D eigenvalue weighted by molar-refractivity contribution is -0.133. The van der Waals surface area contributed by atoms with Crippen molar-refractivity contribution in [2.24, 2.45) is 0 Å². The van der Waals surface area contributed by atoms with Gasteiger partial charge in [-0.3, -0.25) is 9.59 Å². The quantitative estimate of drug-likeness (QED) is 0.576. The first-order valence-electron chi connectivity index (χ1n) is 11.5. The fourth-order valence-corrected chi connectivity index (χ4v) is 4.54. The lowest BCUT2D eigenvalue weighted by Crippen LogP contribution is -2.41. The molecule has 1 aromatic carbocycles. The third kappa shape index (κ3) is 5.11. The second-order valence-electron chi connectivity index (χ2n) is 9.70. The van der Waals surface area contributed by atoms with Gasteiger partial charge in [-0.2, -0.15) is 0 Å². The number of fused-ring (bicyclic) bond motifs is 3. The van der Waals surface area contributed by atoms with Crippen LogP contribution >= 0.6 is 0 Å². The Morgan fingerprint density at radius 1 is 1.30 bits per heavy atom. The van der Waals surface area contributed by atoms with E-state index in [0.29, 0.717) is 19.0 Å². The SMILES string of the molecule is C[C@H]1CCc2c(ccc3c2nc(CCn2ccccc2=O)n3CC(=O)N(C)CC(C)(C)O)N1. The van der Waals surface area contributed by atoms with Gasteiger partial charge in [0.1, 0.15) is 12.4 Å². The number of nitrogens with one attached hydrogen (secondary N) is 1. The number of nitrogens with zero attached hydrogens (tertiary/aromatic N) is 4. The Morgan fingerprint density at radius 2 is 2.09 bits per heavy atom. The van der Waals surface area contributed by atoms with E-state index in [1.54, 1.807) is 48.7 Å². The van der Waals surface area contributed by atoms with Gasteiger partial charge in [0.15, 0.2) is 0 Å². The Kier molecular flexibility index (Phi) is 6.30. The summed E-state index contributed by atoms with van der Waals surface area (Å²) in [5.41, 5.74) is 3.09. The number of aryl methyl sites for hydroxylation is 3. The fourth-order valence-electron chi connectivity index (χ4n) is 4.54. The number of hydrogen-bond donors (Lipinski definition) is 2. The Morgan fingerprint density at radius 3 is 2.82 bits per heavy atom. The Hall–Kier alpha value is -3.13. The maximum atomic E-state index is 13.0. The summed E-state index contributed by atoms with van der Waals surface area (Å²) < 4.78 is 3.62. The highest BCUT2D eigenvalue weighted by molar-refractivity contribution is 5.87. The molecule has 2 N–H and O–H groups in total. The maximum absolute atomic E-state index is 13.0. The van der Waals surface area contributed by atoms with Crippen molar-refractivity contribution in [1.29, 1.82) is 0 Å². The summed E-state index contributed by atoms with van der Waals surface area (Å²) in [6, 6.07) is 9.61. The van der Waals surface area contributed by atoms with Crippen LogP contribution in [0.4, 0.5) is 5.69 Å². The van der Waals surface area contributed by atoms with Crippen LogP contribution in [0, 0.1) is 0 Å². The van der Waals surface area contributed by atoms with Gasteiger partial charge in [-0.1, -0.05) is 6.07 Å². The predicted molar refractivity (Wildman–Crippen MR) is 129 cm³/mol. The molecule has 1 aliphatic heterocycles. The monoisotopic (exact) mass is 451 g/mol. The predicted octanol–water partition coefficient (Wildman–Crippen LogP) is 2.42. The van der Waals surface area contributed by atoms with E-state index in [1.165, 1.54) is 5.56 Å². The van der Waals surface area contributed by atoms with Crippen molar-refractivity contribution in [2.45, 2.75) is 64.8 Å². The number of rotatable bonds is 7. The molecule has 0 spiro atoms. The van der Waals surface area contributed by atoms with Crippen LogP contribution in [0.15, 0.2) is 41.3 Å². The topological polar surface area (TPSA) is 92.4 Å². The molecule has 0 fully saturated rings. The summed E-state index contributed by atoms with van der Waals surface area (Å²) in [4.78, 5) is 31.7. The zero-order valence-corrected chi connectivity index (χ0v) is 19.8. The van der Waals surface area contributed by atoms with Crippen LogP contribution in [-0.2, 0) is 30.7 Å². The molecule has 0 radical (unpaired) electrons. The molecule has 1 atom stereocenters. The lowest BCUT2D eigenvalue weighted by atomic mass is 9.98. The highest BCUT2D eigenvalue weighted by Gasteiger charge is 2.24. The van der Waals surface area contributed by atoms with Crippen LogP contribution in [0.3, 0.4) is 0 Å². The minimum absolute atomic E-state index is 0.0586. The van der Waals surface area contributed by atoms with E-state index in [1.807, 2.05) is 16.7 Å². The summed E-state index contributed by atoms with van der Waals surface area (Å²) in [7, 11) is 1.70. The summed E-state index contributed by atoms with van der Waals surface area (Å²) in [5.74, 6) is 0.678. The Labute approximate surface area is 193 Å². The maximum Gasteiger partial charge on any atom is 0.250 e. The number of carbonyl (C=O) groups excluding carboxylic acids is 1. The van der Waals surface area contributed by atoms with Crippen molar-refractivity contribution in [1.82, 2.24) is 19.0 Å². The summed E-state index contributed by atoms with van der Waals surface area (Å²) >= 11 is 0. The van der Waals surface area contributed by atoms with Gasteiger partial charge >= 0.3 is 0 Å². The van der Waals surface area contributed by atoms with Crippen LogP contribution < -0.4 is 10.9 Å². The largest absolute Gasteiger partial charge is 0.389 e. The van der Waals surface area contributed by atoms with Crippen LogP contribution in [-0.4, -0.2) is 55.3 Å². The molecule has 33 heavy (non-hydrogen) atoms. The Bertz CT molecular complexity index is 1220. The third-order valence-corrected chi connectivity index (χ3v) is 6.15. The molecule has 1 aliphatic rings. The molecule has 8 nitrogen and oxygen atoms in total. The zero-order chi connectivity index (χ0) is 23.8. The van der Waals surface area contributed by atoms with Gasteiger partial charge in [0, 0.05) is 56.1 Å². The summed E-state index contributed by atoms with van der Waals surface area (Å²) in [6.45, 7) is 6.40. The second kappa shape index (κ2) is 9.02. The number of anilines is 1. The first kappa shape index (κ1) is 23.0. The normalized spacial score (nSPS) is 15.8. The standard InChI is InChI=1S/C25H33N5O3/c1-17-8-9-18-19(26-17)10-11-20-24(18)27-21(12-14-29-13-6-5-7-22(29)31)30(20)15-23(32)28(4)16-25(2,3)33/h5-7,10-11,13,17,26,33H,8-9,12,14-16H2,1-4H3/t17-/m0/s1. The summed E-state index contributed by atoms with van der Waals surface area (Å²) in [5, 5.41) is 13.7. The van der Waals surface area contributed by atoms with E-state index >= 15 is 0 Å². The van der Waals surface area contributed by atoms with Gasteiger partial charge in [-0.05, 0) is 51.8 Å². The molecule has 8 heteroatoms. The number of hydrogen-bond acceptors (Lipinski definition) is 5. The molecular weight excluding hydrogens is 418 g/mol. The first-order valence-corrected chi connectivity index (χ1v) is 11.5. The van der Waals surface area contributed by atoms with Crippen LogP contribution in [0.25, 0.3) is 11.0 Å². The van der Waals surface area contributed by atoms with Gasteiger partial charge in [-0.15, -0.1) is 0 Å². The van der Waals surface area contributed by atoms with Gasteiger partial charge < -0.3 is 24.5 Å². The minimum Gasteiger partial charge on any atom is -0.389 e. The molecule has 0 saturated heterocycles. The first-order chi connectivity index (χ1) is 15.6. The molecule has 0 bridgehead atoms. The average Bonchev–Trinajstić information content (AvgIpc) is 3.09. The van der Waals surface area contributed by atoms with Gasteiger partial charge in [0.05, 0.1) is 16.6 Å². The van der Waals surface area contributed by atoms with E-state index in [2.05, 4.69) is 18.3 Å². The van der Waals surface area contributed by atoms with E-state index < -0.39 is 5.60 Å². The Balaban J connectivity index is 1.70. The second-order valence-corrected chi connectivity index (χ2v) is 9.70. The van der Waals surface area contributed by atoms with Crippen molar-refractivity contribution in [3.8, 4) is 0 Å². The third-order valence-electron chi connectivity index (χ3n) is 6.15. The molecule has 3 heterocycles. The average molecular weight is 452 g/mol. The molecule has 0 saturated carbocycles. The molecule has 2 aromatic heterocycles. The van der Waals surface area contributed by atoms with E-state index in [-0.39, 0.29) is 24.6 Å². The fraction of sp³-hybridized carbons (Fsp3) is 0.480. The van der Waals surface area contributed by atoms with Crippen molar-refractivity contribution < 1.29 is 9.90 Å². The molecular formula is C25H33N5O3. The molecule has 3 aromatic rings. The number of aliphatic hydroxyl groups is 1. The smallest absolute Gasteiger partial charge is 0.250 e. The van der Waals surface area contributed by atoms with Crippen molar-refractivity contribution in [3.05, 3.63) is 58.3 Å². The van der Waals surface area contributed by atoms with Crippen LogP contribution in [0.5, 0.6) is 0 Å². The highest BCUT2D eigenvalue weighted by Crippen LogP contribution is 2.32. The molecule has 176 valence electrons. The number of carbonyl (C=O) groups is 1. The number of aromatic nitrogens is 3. The summed E-state index contributed by atoms with van der Waals surface area (Å²) in [6.07, 6.45) is 4.26. The highest BCUT2D eigenvalue weighted by atomic mass is 16.3. The number of likely N-dealkylation sites (N-methyl/N-ethyl adjacent to an activating group) is 1. The van der Waals surface area contributed by atoms with Gasteiger partial charge in [-0.25, -0.2) is 4.98 Å². The zero-order valence-electron chi connectivity index (χ0n) is 19.8. The number of amides is 1. The van der Waals surface area contributed by atoms with Crippen LogP contribution in [0.2, 0.25) is 0 Å².